The van der Waals surface area contributed by atoms with Crippen molar-refractivity contribution in [1.82, 2.24) is 0 Å². The highest BCUT2D eigenvalue weighted by atomic mass is 14.4. The number of hydrogen-bond donors (Lipinski definition) is 0. The van der Waals surface area contributed by atoms with E-state index in [9.17, 15) is 0 Å². The fourth-order valence-corrected chi connectivity index (χ4v) is 1.23. The lowest BCUT2D eigenvalue weighted by atomic mass is 10.1. The molecule has 0 N–H and O–H groups in total. The van der Waals surface area contributed by atoms with Gasteiger partial charge in [0, 0.05) is 0 Å². The average molecular weight is 259 g/mol. The van der Waals surface area contributed by atoms with Crippen LogP contribution in [-0.4, -0.2) is 0 Å². The van der Waals surface area contributed by atoms with Crippen LogP contribution in [0.25, 0.3) is 0 Å². The van der Waals surface area contributed by atoms with Gasteiger partial charge in [0.1, 0.15) is 0 Å². The predicted octanol–water partition coefficient (Wildman–Crippen LogP) is 7.47. The second kappa shape index (κ2) is 17.0. The minimum absolute atomic E-state index is 0.750. The topological polar surface area (TPSA) is 0 Å². The summed E-state index contributed by atoms with van der Waals surface area (Å²) in [6, 6.07) is 0. The Kier molecular flexibility index (Phi) is 21.8. The Labute approximate surface area is 119 Å². The van der Waals surface area contributed by atoms with Crippen molar-refractivity contribution in [2.24, 2.45) is 11.3 Å². The van der Waals surface area contributed by atoms with E-state index in [0.717, 1.165) is 11.3 Å². The van der Waals surface area contributed by atoms with Gasteiger partial charge < -0.3 is 0 Å². The fraction of sp³-hybridized carbons (Fsp3) is 1.00. The Bertz CT molecular complexity index is 116. The standard InChI is InChI=1S/C9H20.C5H10.2C2H6/c1-4-5-6-7-8-9(2)3;1-5(2)3-4-5;2*1-2/h9H,4-8H2,1-3H3;3-4H2,1-2H3;2*1-2H3. The highest BCUT2D eigenvalue weighted by Crippen LogP contribution is 2.43. The lowest BCUT2D eigenvalue weighted by molar-refractivity contribution is 0.525. The molecule has 0 radical (unpaired) electrons. The second-order valence-corrected chi connectivity index (χ2v) is 5.91. The molecule has 1 rings (SSSR count). The monoisotopic (exact) mass is 258 g/mol. The molecule has 1 aliphatic carbocycles. The first kappa shape index (κ1) is 23.1. The Hall–Kier alpha value is 0. The summed E-state index contributed by atoms with van der Waals surface area (Å²) in [7, 11) is 0. The van der Waals surface area contributed by atoms with Gasteiger partial charge in [-0.2, -0.15) is 0 Å². The maximum Gasteiger partial charge on any atom is -0.0354 e. The first-order valence-corrected chi connectivity index (χ1v) is 8.48. The van der Waals surface area contributed by atoms with Crippen LogP contribution in [0.5, 0.6) is 0 Å². The molecule has 0 saturated heterocycles. The van der Waals surface area contributed by atoms with Crippen LogP contribution in [0.3, 0.4) is 0 Å². The van der Waals surface area contributed by atoms with Crippen molar-refractivity contribution in [3.63, 3.8) is 0 Å². The van der Waals surface area contributed by atoms with E-state index < -0.39 is 0 Å². The average Bonchev–Trinajstić information content (AvgIpc) is 3.06. The van der Waals surface area contributed by atoms with E-state index in [-0.39, 0.29) is 0 Å². The largest absolute Gasteiger partial charge is 0.0683 e. The third kappa shape index (κ3) is 29.8. The third-order valence-corrected chi connectivity index (χ3v) is 2.89. The van der Waals surface area contributed by atoms with Crippen molar-refractivity contribution in [2.45, 2.75) is 107 Å². The molecule has 0 heteroatoms. The molecular weight excluding hydrogens is 216 g/mol. The van der Waals surface area contributed by atoms with Gasteiger partial charge in [-0.05, 0) is 24.2 Å². The molecule has 0 aliphatic heterocycles. The van der Waals surface area contributed by atoms with Crippen LogP contribution in [0, 0.1) is 11.3 Å². The Morgan fingerprint density at radius 1 is 0.833 bits per heavy atom. The first-order chi connectivity index (χ1) is 8.48. The van der Waals surface area contributed by atoms with Gasteiger partial charge in [-0.1, -0.05) is 94.4 Å². The van der Waals surface area contributed by atoms with Crippen molar-refractivity contribution in [3.8, 4) is 0 Å². The van der Waals surface area contributed by atoms with Gasteiger partial charge in [0.2, 0.25) is 0 Å². The Balaban J connectivity index is -0.000000210. The van der Waals surface area contributed by atoms with Gasteiger partial charge in [-0.25, -0.2) is 0 Å². The molecule has 1 fully saturated rings. The normalized spacial score (nSPS) is 14.3. The van der Waals surface area contributed by atoms with Gasteiger partial charge >= 0.3 is 0 Å². The summed E-state index contributed by atoms with van der Waals surface area (Å²) in [5.41, 5.74) is 0.750. The zero-order chi connectivity index (χ0) is 15.0. The summed E-state index contributed by atoms with van der Waals surface area (Å²) in [5, 5.41) is 0. The van der Waals surface area contributed by atoms with E-state index >= 15 is 0 Å². The number of rotatable bonds is 5. The molecule has 1 saturated carbocycles. The molecular formula is C18H42. The molecule has 0 atom stereocenters. The predicted molar refractivity (Wildman–Crippen MR) is 89.3 cm³/mol. The van der Waals surface area contributed by atoms with Gasteiger partial charge in [0.15, 0.2) is 0 Å². The van der Waals surface area contributed by atoms with Gasteiger partial charge in [-0.15, -0.1) is 0 Å². The summed E-state index contributed by atoms with van der Waals surface area (Å²) in [6.45, 7) is 19.5. The highest BCUT2D eigenvalue weighted by Gasteiger charge is 2.30. The Morgan fingerprint density at radius 3 is 1.44 bits per heavy atom. The van der Waals surface area contributed by atoms with Crippen LogP contribution >= 0.6 is 0 Å². The summed E-state index contributed by atoms with van der Waals surface area (Å²) in [5.74, 6) is 0.904. The highest BCUT2D eigenvalue weighted by molar-refractivity contribution is 4.82. The van der Waals surface area contributed by atoms with E-state index in [1.54, 1.807) is 0 Å². The molecule has 114 valence electrons. The molecule has 0 spiro atoms. The SMILES string of the molecule is CC.CC.CC1(C)CC1.CCCCCCC(C)C. The molecule has 0 amide bonds. The molecule has 0 aromatic carbocycles. The van der Waals surface area contributed by atoms with E-state index in [0.29, 0.717) is 0 Å². The van der Waals surface area contributed by atoms with Gasteiger partial charge in [-0.3, -0.25) is 0 Å². The van der Waals surface area contributed by atoms with Crippen LogP contribution in [0.2, 0.25) is 0 Å². The molecule has 18 heavy (non-hydrogen) atoms. The minimum atomic E-state index is 0.750. The molecule has 1 aliphatic rings. The summed E-state index contributed by atoms with van der Waals surface area (Å²) < 4.78 is 0. The van der Waals surface area contributed by atoms with Crippen LogP contribution in [0.1, 0.15) is 107 Å². The van der Waals surface area contributed by atoms with E-state index in [1.807, 2.05) is 27.7 Å². The van der Waals surface area contributed by atoms with Crippen LogP contribution < -0.4 is 0 Å². The van der Waals surface area contributed by atoms with Crippen molar-refractivity contribution in [2.75, 3.05) is 0 Å². The van der Waals surface area contributed by atoms with Crippen LogP contribution in [0.15, 0.2) is 0 Å². The van der Waals surface area contributed by atoms with Crippen molar-refractivity contribution in [3.05, 3.63) is 0 Å². The first-order valence-electron chi connectivity index (χ1n) is 8.48. The van der Waals surface area contributed by atoms with Crippen molar-refractivity contribution in [1.29, 1.82) is 0 Å². The van der Waals surface area contributed by atoms with Crippen LogP contribution in [0.4, 0.5) is 0 Å². The number of unbranched alkanes of at least 4 members (excludes halogenated alkanes) is 3. The lowest BCUT2D eigenvalue weighted by Crippen LogP contribution is -1.86. The second-order valence-electron chi connectivity index (χ2n) is 5.91. The van der Waals surface area contributed by atoms with E-state index in [4.69, 9.17) is 0 Å². The molecule has 0 aromatic rings. The van der Waals surface area contributed by atoms with Crippen molar-refractivity contribution >= 4 is 0 Å². The molecule has 0 nitrogen and oxygen atoms in total. The molecule has 0 unspecified atom stereocenters. The summed E-state index contributed by atoms with van der Waals surface area (Å²) in [4.78, 5) is 0. The Morgan fingerprint density at radius 2 is 1.22 bits per heavy atom. The zero-order valence-corrected chi connectivity index (χ0v) is 15.0. The summed E-state index contributed by atoms with van der Waals surface area (Å²) >= 11 is 0. The van der Waals surface area contributed by atoms with E-state index in [2.05, 4.69) is 34.6 Å². The zero-order valence-electron chi connectivity index (χ0n) is 15.0. The molecule has 0 aromatic heterocycles. The van der Waals surface area contributed by atoms with Gasteiger partial charge in [0.25, 0.3) is 0 Å². The lowest BCUT2D eigenvalue weighted by Gasteiger charge is -2.01. The van der Waals surface area contributed by atoms with E-state index in [1.165, 1.54) is 44.9 Å². The smallest absolute Gasteiger partial charge is 0.0354 e. The minimum Gasteiger partial charge on any atom is -0.0683 e. The number of hydrogen-bond acceptors (Lipinski definition) is 0. The van der Waals surface area contributed by atoms with Crippen LogP contribution in [-0.2, 0) is 0 Å². The summed E-state index contributed by atoms with van der Waals surface area (Å²) in [6.07, 6.45) is 9.98. The fourth-order valence-electron chi connectivity index (χ4n) is 1.23. The van der Waals surface area contributed by atoms with Crippen molar-refractivity contribution < 1.29 is 0 Å². The maximum atomic E-state index is 2.30. The third-order valence-electron chi connectivity index (χ3n) is 2.89. The molecule has 0 bridgehead atoms. The quantitative estimate of drug-likeness (QED) is 0.449. The maximum absolute atomic E-state index is 2.30. The molecule has 0 heterocycles. The van der Waals surface area contributed by atoms with Gasteiger partial charge in [0.05, 0.1) is 0 Å².